The number of aromatic nitrogens is 1. The zero-order valence-corrected chi connectivity index (χ0v) is 14.5. The maximum absolute atomic E-state index is 12.2. The van der Waals surface area contributed by atoms with E-state index in [2.05, 4.69) is 10.3 Å². The molecule has 6 nitrogen and oxygen atoms in total. The van der Waals surface area contributed by atoms with Crippen molar-refractivity contribution in [1.82, 2.24) is 10.3 Å². The van der Waals surface area contributed by atoms with Crippen molar-refractivity contribution in [1.29, 1.82) is 0 Å². The Bertz CT molecular complexity index is 898. The van der Waals surface area contributed by atoms with Gasteiger partial charge in [0, 0.05) is 18.0 Å². The molecule has 0 radical (unpaired) electrons. The molecule has 1 N–H and O–H groups in total. The van der Waals surface area contributed by atoms with Gasteiger partial charge in [-0.25, -0.2) is 0 Å². The number of pyridine rings is 1. The molecular weight excluding hydrogens is 344 g/mol. The molecule has 6 heteroatoms. The van der Waals surface area contributed by atoms with Gasteiger partial charge in [-0.2, -0.15) is 0 Å². The van der Waals surface area contributed by atoms with Crippen LogP contribution in [0.5, 0.6) is 11.5 Å². The standard InChI is InChI=1S/C21H18N2O4/c24-20(26-15-16-5-2-1-3-6-16)14-23-21(25)17-7-4-8-19(13-17)27-18-9-11-22-12-10-18/h1-13H,14-15H2,(H,23,25). The molecule has 0 unspecified atom stereocenters. The zero-order valence-electron chi connectivity index (χ0n) is 14.5. The van der Waals surface area contributed by atoms with Gasteiger partial charge in [-0.05, 0) is 35.9 Å². The van der Waals surface area contributed by atoms with Crippen molar-refractivity contribution in [2.75, 3.05) is 6.54 Å². The van der Waals surface area contributed by atoms with Crippen molar-refractivity contribution >= 4 is 11.9 Å². The molecular formula is C21H18N2O4. The lowest BCUT2D eigenvalue weighted by molar-refractivity contribution is -0.143. The van der Waals surface area contributed by atoms with E-state index in [1.54, 1.807) is 48.8 Å². The minimum absolute atomic E-state index is 0.171. The minimum atomic E-state index is -0.503. The summed E-state index contributed by atoms with van der Waals surface area (Å²) < 4.78 is 10.8. The highest BCUT2D eigenvalue weighted by molar-refractivity contribution is 5.96. The van der Waals surface area contributed by atoms with Crippen LogP contribution < -0.4 is 10.1 Å². The van der Waals surface area contributed by atoms with E-state index >= 15 is 0 Å². The Balaban J connectivity index is 1.50. The monoisotopic (exact) mass is 362 g/mol. The van der Waals surface area contributed by atoms with Gasteiger partial charge in [-0.3, -0.25) is 14.6 Å². The SMILES string of the molecule is O=C(CNC(=O)c1cccc(Oc2ccncc2)c1)OCc1ccccc1. The number of nitrogens with one attached hydrogen (secondary N) is 1. The lowest BCUT2D eigenvalue weighted by Crippen LogP contribution is -2.30. The zero-order chi connectivity index (χ0) is 18.9. The molecule has 136 valence electrons. The Morgan fingerprint density at radius 3 is 2.44 bits per heavy atom. The first-order chi connectivity index (χ1) is 13.2. The molecule has 0 aliphatic heterocycles. The fourth-order valence-electron chi connectivity index (χ4n) is 2.29. The van der Waals surface area contributed by atoms with Crippen LogP contribution in [-0.4, -0.2) is 23.4 Å². The number of rotatable bonds is 7. The van der Waals surface area contributed by atoms with E-state index < -0.39 is 5.97 Å². The molecule has 0 fully saturated rings. The van der Waals surface area contributed by atoms with Crippen LogP contribution in [0.2, 0.25) is 0 Å². The molecule has 0 saturated heterocycles. The molecule has 0 aliphatic carbocycles. The number of hydrogen-bond acceptors (Lipinski definition) is 5. The van der Waals surface area contributed by atoms with E-state index in [9.17, 15) is 9.59 Å². The molecule has 3 rings (SSSR count). The van der Waals surface area contributed by atoms with Crippen molar-refractivity contribution in [3.8, 4) is 11.5 Å². The van der Waals surface area contributed by atoms with E-state index in [1.165, 1.54) is 0 Å². The second-order valence-electron chi connectivity index (χ2n) is 5.64. The second kappa shape index (κ2) is 9.15. The van der Waals surface area contributed by atoms with E-state index in [0.29, 0.717) is 17.1 Å². The number of nitrogens with zero attached hydrogens (tertiary/aromatic N) is 1. The molecule has 0 spiro atoms. The summed E-state index contributed by atoms with van der Waals surface area (Å²) in [6.07, 6.45) is 3.24. The summed E-state index contributed by atoms with van der Waals surface area (Å²) in [4.78, 5) is 28.0. The van der Waals surface area contributed by atoms with Crippen LogP contribution in [0.3, 0.4) is 0 Å². The second-order valence-corrected chi connectivity index (χ2v) is 5.64. The maximum atomic E-state index is 12.2. The minimum Gasteiger partial charge on any atom is -0.460 e. The molecule has 0 atom stereocenters. The van der Waals surface area contributed by atoms with Crippen LogP contribution >= 0.6 is 0 Å². The van der Waals surface area contributed by atoms with Gasteiger partial charge in [0.25, 0.3) is 5.91 Å². The van der Waals surface area contributed by atoms with Crippen LogP contribution in [0.4, 0.5) is 0 Å². The molecule has 1 amide bonds. The van der Waals surface area contributed by atoms with Crippen molar-refractivity contribution in [3.05, 3.63) is 90.3 Å². The summed E-state index contributed by atoms with van der Waals surface area (Å²) in [5.41, 5.74) is 1.27. The Morgan fingerprint density at radius 2 is 1.67 bits per heavy atom. The quantitative estimate of drug-likeness (QED) is 0.652. The van der Waals surface area contributed by atoms with Gasteiger partial charge in [-0.15, -0.1) is 0 Å². The van der Waals surface area contributed by atoms with E-state index in [-0.39, 0.29) is 19.1 Å². The van der Waals surface area contributed by atoms with Crippen LogP contribution in [0.1, 0.15) is 15.9 Å². The number of benzene rings is 2. The average molecular weight is 362 g/mol. The van der Waals surface area contributed by atoms with Gasteiger partial charge in [0.2, 0.25) is 0 Å². The van der Waals surface area contributed by atoms with Crippen molar-refractivity contribution in [2.45, 2.75) is 6.61 Å². The summed E-state index contributed by atoms with van der Waals surface area (Å²) in [7, 11) is 0. The highest BCUT2D eigenvalue weighted by atomic mass is 16.5. The first kappa shape index (κ1) is 18.1. The fraction of sp³-hybridized carbons (Fsp3) is 0.0952. The van der Waals surface area contributed by atoms with Crippen molar-refractivity contribution in [3.63, 3.8) is 0 Å². The molecule has 1 heterocycles. The van der Waals surface area contributed by atoms with E-state index in [1.807, 2.05) is 30.3 Å². The predicted molar refractivity (Wildman–Crippen MR) is 99.3 cm³/mol. The topological polar surface area (TPSA) is 77.5 Å². The molecule has 27 heavy (non-hydrogen) atoms. The van der Waals surface area contributed by atoms with E-state index in [4.69, 9.17) is 9.47 Å². The first-order valence-electron chi connectivity index (χ1n) is 8.36. The Hall–Kier alpha value is -3.67. The number of carbonyl (C=O) groups is 2. The molecule has 0 aliphatic rings. The van der Waals surface area contributed by atoms with Crippen molar-refractivity contribution < 1.29 is 19.1 Å². The lowest BCUT2D eigenvalue weighted by atomic mass is 10.2. The third-order valence-electron chi connectivity index (χ3n) is 3.62. The summed E-state index contributed by atoms with van der Waals surface area (Å²) in [6, 6.07) is 19.5. The average Bonchev–Trinajstić information content (AvgIpc) is 2.72. The molecule has 1 aromatic heterocycles. The fourth-order valence-corrected chi connectivity index (χ4v) is 2.29. The number of amides is 1. The van der Waals surface area contributed by atoms with Gasteiger partial charge in [0.05, 0.1) is 0 Å². The summed E-state index contributed by atoms with van der Waals surface area (Å²) >= 11 is 0. The number of esters is 1. The van der Waals surface area contributed by atoms with Gasteiger partial charge in [0.1, 0.15) is 24.7 Å². The summed E-state index contributed by atoms with van der Waals surface area (Å²) in [5.74, 6) is 0.246. The van der Waals surface area contributed by atoms with Gasteiger partial charge < -0.3 is 14.8 Å². The highest BCUT2D eigenvalue weighted by Gasteiger charge is 2.10. The lowest BCUT2D eigenvalue weighted by Gasteiger charge is -2.09. The van der Waals surface area contributed by atoms with E-state index in [0.717, 1.165) is 5.56 Å². The molecule has 0 bridgehead atoms. The molecule has 3 aromatic rings. The number of ether oxygens (including phenoxy) is 2. The van der Waals surface area contributed by atoms with Crippen LogP contribution in [0, 0.1) is 0 Å². The van der Waals surface area contributed by atoms with Crippen LogP contribution in [0.25, 0.3) is 0 Å². The van der Waals surface area contributed by atoms with Gasteiger partial charge >= 0.3 is 5.97 Å². The normalized spacial score (nSPS) is 10.1. The Kier molecular flexibility index (Phi) is 6.14. The summed E-state index contributed by atoms with van der Waals surface area (Å²) in [6.45, 7) is -0.0358. The predicted octanol–water partition coefficient (Wildman–Crippen LogP) is 3.35. The first-order valence-corrected chi connectivity index (χ1v) is 8.36. The molecule has 2 aromatic carbocycles. The third kappa shape index (κ3) is 5.67. The third-order valence-corrected chi connectivity index (χ3v) is 3.62. The number of hydrogen-bond donors (Lipinski definition) is 1. The molecule has 0 saturated carbocycles. The number of carbonyl (C=O) groups excluding carboxylic acids is 2. The van der Waals surface area contributed by atoms with Crippen LogP contribution in [0.15, 0.2) is 79.1 Å². The Labute approximate surface area is 156 Å². The summed E-state index contributed by atoms with van der Waals surface area (Å²) in [5, 5.41) is 2.55. The van der Waals surface area contributed by atoms with Gasteiger partial charge in [0.15, 0.2) is 0 Å². The maximum Gasteiger partial charge on any atom is 0.325 e. The smallest absolute Gasteiger partial charge is 0.325 e. The Morgan fingerprint density at radius 1 is 0.889 bits per heavy atom. The van der Waals surface area contributed by atoms with Crippen molar-refractivity contribution in [2.24, 2.45) is 0 Å². The highest BCUT2D eigenvalue weighted by Crippen LogP contribution is 2.21. The van der Waals surface area contributed by atoms with Crippen LogP contribution in [-0.2, 0) is 16.1 Å². The largest absolute Gasteiger partial charge is 0.460 e. The van der Waals surface area contributed by atoms with Gasteiger partial charge in [-0.1, -0.05) is 36.4 Å².